The van der Waals surface area contributed by atoms with Gasteiger partial charge in [-0.1, -0.05) is 0 Å². The van der Waals surface area contributed by atoms with Crippen LogP contribution >= 0.6 is 11.8 Å². The van der Waals surface area contributed by atoms with Gasteiger partial charge in [0.05, 0.1) is 0 Å². The molecule has 0 fully saturated rings. The molecule has 0 atom stereocenters. The minimum Gasteiger partial charge on any atom is -0.399 e. The monoisotopic (exact) mass is 242 g/mol. The van der Waals surface area contributed by atoms with Crippen molar-refractivity contribution in [1.29, 1.82) is 0 Å². The van der Waals surface area contributed by atoms with Gasteiger partial charge in [0.15, 0.2) is 0 Å². The first-order valence-corrected chi connectivity index (χ1v) is 6.00. The zero-order valence-corrected chi connectivity index (χ0v) is 9.94. The number of hydrogen-bond acceptors (Lipinski definition) is 3. The molecule has 3 nitrogen and oxygen atoms in total. The molecule has 1 aromatic rings. The van der Waals surface area contributed by atoms with Gasteiger partial charge in [0, 0.05) is 24.1 Å². The van der Waals surface area contributed by atoms with Gasteiger partial charge in [-0.15, -0.1) is 11.8 Å². The van der Waals surface area contributed by atoms with Gasteiger partial charge >= 0.3 is 0 Å². The predicted octanol–water partition coefficient (Wildman–Crippen LogP) is 2.03. The average Bonchev–Trinajstić information content (AvgIpc) is 2.26. The summed E-state index contributed by atoms with van der Waals surface area (Å²) in [5.41, 5.74) is 5.86. The lowest BCUT2D eigenvalue weighted by Crippen LogP contribution is -2.17. The Morgan fingerprint density at radius 2 is 2.31 bits per heavy atom. The largest absolute Gasteiger partial charge is 0.399 e. The molecule has 5 heteroatoms. The van der Waals surface area contributed by atoms with Crippen LogP contribution in [0.4, 0.5) is 10.1 Å². The quantitative estimate of drug-likeness (QED) is 0.472. The Hall–Kier alpha value is -1.23. The van der Waals surface area contributed by atoms with Gasteiger partial charge in [-0.3, -0.25) is 4.79 Å². The lowest BCUT2D eigenvalue weighted by Gasteiger charge is -2.03. The van der Waals surface area contributed by atoms with Crippen molar-refractivity contribution in [2.75, 3.05) is 18.5 Å². The van der Waals surface area contributed by atoms with E-state index in [0.29, 0.717) is 22.8 Å². The molecule has 88 valence electrons. The zero-order valence-electron chi connectivity index (χ0n) is 9.13. The molecule has 0 saturated carbocycles. The van der Waals surface area contributed by atoms with E-state index in [2.05, 4.69) is 5.32 Å². The molecule has 1 amide bonds. The molecule has 3 N–H and O–H groups in total. The van der Waals surface area contributed by atoms with Gasteiger partial charge in [-0.25, -0.2) is 4.39 Å². The molecule has 0 aliphatic carbocycles. The second kappa shape index (κ2) is 6.37. The van der Waals surface area contributed by atoms with Crippen molar-refractivity contribution < 1.29 is 9.18 Å². The molecule has 1 aromatic carbocycles. The highest BCUT2D eigenvalue weighted by molar-refractivity contribution is 7.99. The van der Waals surface area contributed by atoms with Gasteiger partial charge in [-0.05, 0) is 30.4 Å². The Morgan fingerprint density at radius 1 is 1.56 bits per heavy atom. The van der Waals surface area contributed by atoms with Gasteiger partial charge < -0.3 is 11.1 Å². The SMILES string of the molecule is CNC(=O)CCCSc1ccc(N)cc1F. The Labute approximate surface area is 98.6 Å². The number of carbonyl (C=O) groups excluding carboxylic acids is 1. The zero-order chi connectivity index (χ0) is 12.0. The van der Waals surface area contributed by atoms with Crippen molar-refractivity contribution in [1.82, 2.24) is 5.32 Å². The molecular weight excluding hydrogens is 227 g/mol. The van der Waals surface area contributed by atoms with Crippen molar-refractivity contribution in [3.63, 3.8) is 0 Å². The first-order valence-electron chi connectivity index (χ1n) is 5.02. The fourth-order valence-electron chi connectivity index (χ4n) is 1.17. The molecule has 0 aliphatic rings. The highest BCUT2D eigenvalue weighted by Gasteiger charge is 2.03. The summed E-state index contributed by atoms with van der Waals surface area (Å²) in [7, 11) is 1.61. The van der Waals surface area contributed by atoms with Crippen molar-refractivity contribution in [3.8, 4) is 0 Å². The number of rotatable bonds is 5. The first kappa shape index (κ1) is 12.8. The summed E-state index contributed by atoms with van der Waals surface area (Å²) in [5.74, 6) is 0.428. The smallest absolute Gasteiger partial charge is 0.219 e. The van der Waals surface area contributed by atoms with Crippen LogP contribution < -0.4 is 11.1 Å². The summed E-state index contributed by atoms with van der Waals surface area (Å²) < 4.78 is 13.3. The third kappa shape index (κ3) is 4.10. The number of nitrogens with two attached hydrogens (primary N) is 1. The summed E-state index contributed by atoms with van der Waals surface area (Å²) >= 11 is 1.40. The highest BCUT2D eigenvalue weighted by Crippen LogP contribution is 2.24. The fourth-order valence-corrected chi connectivity index (χ4v) is 2.04. The molecule has 16 heavy (non-hydrogen) atoms. The standard InChI is InChI=1S/C11H15FN2OS/c1-14-11(15)3-2-6-16-10-5-4-8(13)7-9(10)12/h4-5,7H,2-3,6,13H2,1H3,(H,14,15). The van der Waals surface area contributed by atoms with Crippen LogP contribution in [-0.2, 0) is 4.79 Å². The lowest BCUT2D eigenvalue weighted by molar-refractivity contribution is -0.120. The number of anilines is 1. The minimum atomic E-state index is -0.301. The van der Waals surface area contributed by atoms with E-state index < -0.39 is 0 Å². The lowest BCUT2D eigenvalue weighted by atomic mass is 10.3. The van der Waals surface area contributed by atoms with Crippen LogP contribution in [0, 0.1) is 5.82 Å². The van der Waals surface area contributed by atoms with E-state index in [4.69, 9.17) is 5.73 Å². The van der Waals surface area contributed by atoms with Crippen molar-refractivity contribution in [2.24, 2.45) is 0 Å². The number of nitrogens with one attached hydrogen (secondary N) is 1. The third-order valence-electron chi connectivity index (χ3n) is 2.04. The number of halogens is 1. The molecule has 0 radical (unpaired) electrons. The maximum absolute atomic E-state index is 13.3. The topological polar surface area (TPSA) is 55.1 Å². The van der Waals surface area contributed by atoms with E-state index in [0.717, 1.165) is 6.42 Å². The second-order valence-electron chi connectivity index (χ2n) is 3.32. The van der Waals surface area contributed by atoms with Gasteiger partial charge in [0.1, 0.15) is 5.82 Å². The highest BCUT2D eigenvalue weighted by atomic mass is 32.2. The maximum atomic E-state index is 13.3. The van der Waals surface area contributed by atoms with Crippen molar-refractivity contribution in [2.45, 2.75) is 17.7 Å². The summed E-state index contributed by atoms with van der Waals surface area (Å²) in [6.45, 7) is 0. The summed E-state index contributed by atoms with van der Waals surface area (Å²) in [5, 5.41) is 2.54. The molecule has 0 saturated heterocycles. The van der Waals surface area contributed by atoms with Crippen LogP contribution in [0.1, 0.15) is 12.8 Å². The van der Waals surface area contributed by atoms with Crippen LogP contribution in [0.2, 0.25) is 0 Å². The molecule has 0 spiro atoms. The number of benzene rings is 1. The molecule has 0 unspecified atom stereocenters. The van der Waals surface area contributed by atoms with E-state index in [-0.39, 0.29) is 11.7 Å². The van der Waals surface area contributed by atoms with E-state index in [1.165, 1.54) is 17.8 Å². The van der Waals surface area contributed by atoms with E-state index in [9.17, 15) is 9.18 Å². The van der Waals surface area contributed by atoms with E-state index >= 15 is 0 Å². The normalized spacial score (nSPS) is 10.1. The summed E-state index contributed by atoms with van der Waals surface area (Å²) in [6.07, 6.45) is 1.20. The van der Waals surface area contributed by atoms with Gasteiger partial charge in [-0.2, -0.15) is 0 Å². The number of carbonyl (C=O) groups is 1. The van der Waals surface area contributed by atoms with Crippen molar-refractivity contribution in [3.05, 3.63) is 24.0 Å². The van der Waals surface area contributed by atoms with Gasteiger partial charge in [0.2, 0.25) is 5.91 Å². The average molecular weight is 242 g/mol. The second-order valence-corrected chi connectivity index (χ2v) is 4.45. The Morgan fingerprint density at radius 3 is 2.94 bits per heavy atom. The maximum Gasteiger partial charge on any atom is 0.219 e. The van der Waals surface area contributed by atoms with Crippen LogP contribution in [0.15, 0.2) is 23.1 Å². The molecule has 1 rings (SSSR count). The summed E-state index contributed by atoms with van der Waals surface area (Å²) in [6, 6.07) is 4.64. The van der Waals surface area contributed by atoms with Gasteiger partial charge in [0.25, 0.3) is 0 Å². The fraction of sp³-hybridized carbons (Fsp3) is 0.364. The van der Waals surface area contributed by atoms with Crippen LogP contribution in [0.3, 0.4) is 0 Å². The van der Waals surface area contributed by atoms with Crippen LogP contribution in [-0.4, -0.2) is 18.7 Å². The van der Waals surface area contributed by atoms with Crippen LogP contribution in [0.5, 0.6) is 0 Å². The third-order valence-corrected chi connectivity index (χ3v) is 3.18. The Balaban J connectivity index is 2.35. The minimum absolute atomic E-state index is 0.0124. The summed E-state index contributed by atoms with van der Waals surface area (Å²) in [4.78, 5) is 11.5. The Bertz CT molecular complexity index is 371. The number of thioether (sulfide) groups is 1. The van der Waals surface area contributed by atoms with E-state index in [1.807, 2.05) is 0 Å². The molecule has 0 heterocycles. The number of amides is 1. The molecule has 0 bridgehead atoms. The van der Waals surface area contributed by atoms with Crippen molar-refractivity contribution >= 4 is 23.4 Å². The number of hydrogen-bond donors (Lipinski definition) is 2. The predicted molar refractivity (Wildman–Crippen MR) is 64.8 cm³/mol. The molecule has 0 aliphatic heterocycles. The first-order chi connectivity index (χ1) is 7.63. The molecule has 0 aromatic heterocycles. The van der Waals surface area contributed by atoms with Crippen LogP contribution in [0.25, 0.3) is 0 Å². The molecular formula is C11H15FN2OS. The number of nitrogen functional groups attached to an aromatic ring is 1. The van der Waals surface area contributed by atoms with E-state index in [1.54, 1.807) is 19.2 Å². The Kier molecular flexibility index (Phi) is 5.11.